The largest absolute Gasteiger partial charge is 0.496 e. The van der Waals surface area contributed by atoms with Crippen LogP contribution in [0, 0.1) is 5.92 Å². The van der Waals surface area contributed by atoms with Crippen LogP contribution in [0.1, 0.15) is 41.4 Å². The molecule has 1 aliphatic heterocycles. The highest BCUT2D eigenvalue weighted by Gasteiger charge is 2.46. The van der Waals surface area contributed by atoms with Crippen molar-refractivity contribution in [3.63, 3.8) is 0 Å². The van der Waals surface area contributed by atoms with E-state index >= 15 is 0 Å². The molecule has 3 aromatic rings. The number of methoxy groups -OCH3 is 2. The lowest BCUT2D eigenvalue weighted by Gasteiger charge is -2.40. The molecule has 3 aromatic carbocycles. The van der Waals surface area contributed by atoms with E-state index < -0.39 is 17.7 Å². The van der Waals surface area contributed by atoms with Crippen LogP contribution in [-0.2, 0) is 11.2 Å². The van der Waals surface area contributed by atoms with Crippen LogP contribution in [0.4, 0.5) is 0 Å². The van der Waals surface area contributed by atoms with Gasteiger partial charge in [-0.1, -0.05) is 37.3 Å². The van der Waals surface area contributed by atoms with Gasteiger partial charge in [-0.15, -0.1) is 0 Å². The summed E-state index contributed by atoms with van der Waals surface area (Å²) in [4.78, 5) is 13.2. The zero-order valence-electron chi connectivity index (χ0n) is 20.2. The van der Waals surface area contributed by atoms with Crippen LogP contribution in [0.5, 0.6) is 23.0 Å². The van der Waals surface area contributed by atoms with Crippen molar-refractivity contribution in [1.82, 2.24) is 0 Å². The standard InChI is InChI=1S/C28H28O7/c1-16-13-18-14-21-24(34-15-33-21)25(32-4)22(18)23-19(11-8-12-20(23)31-3)26(28(16,2)30)35-27(29)17-9-6-5-7-10-17/h5-12,14,16,26,30H,13,15H2,1-4H3/t16-,26-,28-/m1/s1. The number of carbonyl (C=O) groups excluding carboxylic acids is 1. The van der Waals surface area contributed by atoms with Gasteiger partial charge in [-0.25, -0.2) is 4.79 Å². The quantitative estimate of drug-likeness (QED) is 0.534. The highest BCUT2D eigenvalue weighted by atomic mass is 16.7. The molecule has 35 heavy (non-hydrogen) atoms. The zero-order valence-corrected chi connectivity index (χ0v) is 20.2. The highest BCUT2D eigenvalue weighted by molar-refractivity contribution is 5.90. The number of rotatable bonds is 4. The molecule has 182 valence electrons. The van der Waals surface area contributed by atoms with Gasteiger partial charge in [0.05, 0.1) is 19.8 Å². The lowest BCUT2D eigenvalue weighted by atomic mass is 9.73. The van der Waals surface area contributed by atoms with Crippen molar-refractivity contribution in [1.29, 1.82) is 0 Å². The number of hydrogen-bond donors (Lipinski definition) is 1. The fourth-order valence-electron chi connectivity index (χ4n) is 4.94. The second-order valence-electron chi connectivity index (χ2n) is 9.08. The summed E-state index contributed by atoms with van der Waals surface area (Å²) >= 11 is 0. The molecule has 0 saturated heterocycles. The summed E-state index contributed by atoms with van der Waals surface area (Å²) in [5.41, 5.74) is 1.99. The minimum Gasteiger partial charge on any atom is -0.496 e. The summed E-state index contributed by atoms with van der Waals surface area (Å²) in [6, 6.07) is 16.2. The molecular formula is C28H28O7. The predicted molar refractivity (Wildman–Crippen MR) is 129 cm³/mol. The Kier molecular flexibility index (Phi) is 5.81. The molecule has 1 N–H and O–H groups in total. The van der Waals surface area contributed by atoms with Crippen molar-refractivity contribution in [3.05, 3.63) is 71.3 Å². The molecule has 2 aliphatic rings. The van der Waals surface area contributed by atoms with Crippen LogP contribution in [-0.4, -0.2) is 37.7 Å². The van der Waals surface area contributed by atoms with E-state index in [4.69, 9.17) is 23.7 Å². The van der Waals surface area contributed by atoms with Crippen molar-refractivity contribution in [3.8, 4) is 34.1 Å². The Labute approximate surface area is 204 Å². The first-order chi connectivity index (χ1) is 16.9. The van der Waals surface area contributed by atoms with E-state index in [-0.39, 0.29) is 12.7 Å². The number of hydrogen-bond acceptors (Lipinski definition) is 7. The zero-order chi connectivity index (χ0) is 24.7. The normalized spacial score (nSPS) is 22.3. The minimum absolute atomic E-state index is 0.0952. The van der Waals surface area contributed by atoms with Gasteiger partial charge in [0.2, 0.25) is 12.5 Å². The maximum absolute atomic E-state index is 13.2. The Morgan fingerprint density at radius 2 is 1.80 bits per heavy atom. The van der Waals surface area contributed by atoms with E-state index in [1.807, 2.05) is 37.3 Å². The summed E-state index contributed by atoms with van der Waals surface area (Å²) < 4.78 is 29.1. The van der Waals surface area contributed by atoms with Crippen LogP contribution >= 0.6 is 0 Å². The second-order valence-corrected chi connectivity index (χ2v) is 9.08. The molecule has 7 heteroatoms. The predicted octanol–water partition coefficient (Wildman–Crippen LogP) is 4.94. The number of ether oxygens (including phenoxy) is 5. The molecule has 0 saturated carbocycles. The third kappa shape index (κ3) is 3.76. The fourth-order valence-corrected chi connectivity index (χ4v) is 4.94. The van der Waals surface area contributed by atoms with Crippen LogP contribution in [0.15, 0.2) is 54.6 Å². The highest BCUT2D eigenvalue weighted by Crippen LogP contribution is 2.55. The van der Waals surface area contributed by atoms with E-state index in [1.54, 1.807) is 45.4 Å². The van der Waals surface area contributed by atoms with Gasteiger partial charge in [-0.05, 0) is 49.1 Å². The molecule has 0 fully saturated rings. The summed E-state index contributed by atoms with van der Waals surface area (Å²) in [6.45, 7) is 3.74. The first-order valence-corrected chi connectivity index (χ1v) is 11.5. The summed E-state index contributed by atoms with van der Waals surface area (Å²) in [7, 11) is 3.16. The van der Waals surface area contributed by atoms with E-state index in [9.17, 15) is 9.90 Å². The third-order valence-electron chi connectivity index (χ3n) is 7.01. The lowest BCUT2D eigenvalue weighted by Crippen LogP contribution is -2.43. The molecule has 0 spiro atoms. The molecule has 3 atom stereocenters. The van der Waals surface area contributed by atoms with E-state index in [2.05, 4.69) is 0 Å². The van der Waals surface area contributed by atoms with Gasteiger partial charge in [-0.3, -0.25) is 0 Å². The summed E-state index contributed by atoms with van der Waals surface area (Å²) in [5, 5.41) is 11.9. The Balaban J connectivity index is 1.77. The average Bonchev–Trinajstić information content (AvgIpc) is 3.34. The van der Waals surface area contributed by atoms with E-state index in [0.717, 1.165) is 11.1 Å². The van der Waals surface area contributed by atoms with Crippen molar-refractivity contribution in [2.24, 2.45) is 5.92 Å². The fraction of sp³-hybridized carbons (Fsp3) is 0.321. The van der Waals surface area contributed by atoms with Crippen molar-refractivity contribution in [2.45, 2.75) is 32.0 Å². The third-order valence-corrected chi connectivity index (χ3v) is 7.01. The van der Waals surface area contributed by atoms with Gasteiger partial charge in [0.15, 0.2) is 17.6 Å². The van der Waals surface area contributed by atoms with Gasteiger partial charge in [0.25, 0.3) is 0 Å². The van der Waals surface area contributed by atoms with Gasteiger partial charge in [0, 0.05) is 16.7 Å². The SMILES string of the molecule is COc1cccc2c1-c1c(cc3c(c1OC)OCO3)C[C@@H](C)[C@@](C)(O)[C@@H]2OC(=O)c1ccccc1. The number of fused-ring (bicyclic) bond motifs is 4. The first-order valence-electron chi connectivity index (χ1n) is 11.5. The molecule has 5 rings (SSSR count). The molecule has 0 bridgehead atoms. The first kappa shape index (κ1) is 23.1. The number of carbonyl (C=O) groups is 1. The van der Waals surface area contributed by atoms with E-state index in [1.165, 1.54) is 0 Å². The smallest absolute Gasteiger partial charge is 0.338 e. The number of esters is 1. The molecular weight excluding hydrogens is 448 g/mol. The Bertz CT molecular complexity index is 1270. The molecule has 1 aliphatic carbocycles. The molecule has 0 unspecified atom stereocenters. The average molecular weight is 477 g/mol. The Morgan fingerprint density at radius 3 is 2.51 bits per heavy atom. The summed E-state index contributed by atoms with van der Waals surface area (Å²) in [5.74, 6) is 1.38. The van der Waals surface area contributed by atoms with Crippen LogP contribution in [0.25, 0.3) is 11.1 Å². The van der Waals surface area contributed by atoms with E-state index in [0.29, 0.717) is 46.1 Å². The molecule has 0 amide bonds. The number of aliphatic hydroxyl groups is 1. The maximum Gasteiger partial charge on any atom is 0.338 e. The topological polar surface area (TPSA) is 83.5 Å². The van der Waals surface area contributed by atoms with Gasteiger partial charge < -0.3 is 28.8 Å². The molecule has 7 nitrogen and oxygen atoms in total. The van der Waals surface area contributed by atoms with Gasteiger partial charge in [-0.2, -0.15) is 0 Å². The van der Waals surface area contributed by atoms with Gasteiger partial charge in [0.1, 0.15) is 11.4 Å². The number of benzene rings is 3. The molecule has 0 aromatic heterocycles. The van der Waals surface area contributed by atoms with Crippen molar-refractivity contribution in [2.75, 3.05) is 21.0 Å². The van der Waals surface area contributed by atoms with Gasteiger partial charge >= 0.3 is 5.97 Å². The summed E-state index contributed by atoms with van der Waals surface area (Å²) in [6.07, 6.45) is -0.495. The minimum atomic E-state index is -1.40. The Hall–Kier alpha value is -3.71. The van der Waals surface area contributed by atoms with Crippen molar-refractivity contribution < 1.29 is 33.6 Å². The Morgan fingerprint density at radius 1 is 1.03 bits per heavy atom. The van der Waals surface area contributed by atoms with Crippen LogP contribution in [0.2, 0.25) is 0 Å². The van der Waals surface area contributed by atoms with Crippen LogP contribution < -0.4 is 18.9 Å². The lowest BCUT2D eigenvalue weighted by molar-refractivity contribution is -0.107. The second kappa shape index (κ2) is 8.82. The van der Waals surface area contributed by atoms with Crippen molar-refractivity contribution >= 4 is 5.97 Å². The monoisotopic (exact) mass is 476 g/mol. The maximum atomic E-state index is 13.2. The molecule has 1 heterocycles. The molecule has 0 radical (unpaired) electrons. The van der Waals surface area contributed by atoms with Crippen LogP contribution in [0.3, 0.4) is 0 Å².